The Morgan fingerprint density at radius 1 is 0.621 bits per heavy atom. The first-order valence-corrected chi connectivity index (χ1v) is 26.2. The molecule has 6 nitrogen and oxygen atoms in total. The molecule has 0 spiro atoms. The SMILES string of the molecule is CCCC/C=C\CCCCCCCCCC(C(=O)NC1CCCCCC1)N(CCCN1CCCCC1CC)C(=O)COCCCCCCCCCCCCCCCC. The summed E-state index contributed by atoms with van der Waals surface area (Å²) in [5.74, 6) is 0.101. The second-order valence-electron chi connectivity index (χ2n) is 18.6. The Labute approximate surface area is 361 Å². The summed E-state index contributed by atoms with van der Waals surface area (Å²) in [6.07, 6.45) is 50.8. The van der Waals surface area contributed by atoms with Crippen LogP contribution in [0.3, 0.4) is 0 Å². The minimum atomic E-state index is -0.400. The van der Waals surface area contributed by atoms with Gasteiger partial charge in [-0.25, -0.2) is 0 Å². The van der Waals surface area contributed by atoms with Crippen molar-refractivity contribution < 1.29 is 14.3 Å². The molecule has 2 fully saturated rings. The number of nitrogens with zero attached hydrogens (tertiary/aromatic N) is 2. The van der Waals surface area contributed by atoms with Gasteiger partial charge in [-0.3, -0.25) is 9.59 Å². The van der Waals surface area contributed by atoms with Crippen LogP contribution >= 0.6 is 0 Å². The zero-order valence-corrected chi connectivity index (χ0v) is 39.2. The molecule has 340 valence electrons. The molecule has 1 saturated carbocycles. The van der Waals surface area contributed by atoms with Gasteiger partial charge in [-0.15, -0.1) is 0 Å². The number of likely N-dealkylation sites (tertiary alicyclic amines) is 1. The summed E-state index contributed by atoms with van der Waals surface area (Å²) in [6.45, 7) is 10.4. The fraction of sp³-hybridized carbons (Fsp3) is 0.923. The van der Waals surface area contributed by atoms with Gasteiger partial charge >= 0.3 is 0 Å². The Kier molecular flexibility index (Phi) is 35.0. The monoisotopic (exact) mass is 814 g/mol. The molecule has 58 heavy (non-hydrogen) atoms. The summed E-state index contributed by atoms with van der Waals surface area (Å²) >= 11 is 0. The van der Waals surface area contributed by atoms with Crippen molar-refractivity contribution in [3.05, 3.63) is 12.2 Å². The largest absolute Gasteiger partial charge is 0.372 e. The number of carbonyl (C=O) groups excluding carboxylic acids is 2. The third kappa shape index (κ3) is 27.4. The molecule has 1 aliphatic heterocycles. The maximum atomic E-state index is 14.2. The average Bonchev–Trinajstić information content (AvgIpc) is 3.51. The van der Waals surface area contributed by atoms with Gasteiger partial charge in [0.2, 0.25) is 11.8 Å². The molecule has 0 aromatic rings. The molecule has 2 amide bonds. The van der Waals surface area contributed by atoms with Gasteiger partial charge in [0.05, 0.1) is 0 Å². The highest BCUT2D eigenvalue weighted by Crippen LogP contribution is 2.22. The van der Waals surface area contributed by atoms with Crippen molar-refractivity contribution in [3.8, 4) is 0 Å². The van der Waals surface area contributed by atoms with E-state index < -0.39 is 6.04 Å². The predicted molar refractivity (Wildman–Crippen MR) is 251 cm³/mol. The van der Waals surface area contributed by atoms with Gasteiger partial charge in [-0.05, 0) is 77.2 Å². The van der Waals surface area contributed by atoms with E-state index in [0.717, 1.165) is 58.0 Å². The van der Waals surface area contributed by atoms with Crippen molar-refractivity contribution in [2.24, 2.45) is 0 Å². The molecular weight excluding hydrogens is 715 g/mol. The molecule has 0 aromatic heterocycles. The molecule has 1 N–H and O–H groups in total. The van der Waals surface area contributed by atoms with E-state index in [0.29, 0.717) is 19.2 Å². The minimum absolute atomic E-state index is 0.0146. The highest BCUT2D eigenvalue weighted by atomic mass is 16.5. The maximum absolute atomic E-state index is 14.2. The number of nitrogens with one attached hydrogen (secondary N) is 1. The van der Waals surface area contributed by atoms with Crippen molar-refractivity contribution >= 4 is 11.8 Å². The van der Waals surface area contributed by atoms with E-state index in [1.807, 2.05) is 4.90 Å². The van der Waals surface area contributed by atoms with Crippen LogP contribution in [0.15, 0.2) is 12.2 Å². The van der Waals surface area contributed by atoms with Crippen molar-refractivity contribution in [2.45, 2.75) is 276 Å². The Balaban J connectivity index is 1.87. The van der Waals surface area contributed by atoms with Gasteiger partial charge in [-0.1, -0.05) is 200 Å². The molecule has 2 rings (SSSR count). The van der Waals surface area contributed by atoms with Gasteiger partial charge in [0.15, 0.2) is 0 Å². The summed E-state index contributed by atoms with van der Waals surface area (Å²) in [7, 11) is 0. The molecule has 0 aromatic carbocycles. The van der Waals surface area contributed by atoms with Crippen LogP contribution in [0.2, 0.25) is 0 Å². The van der Waals surface area contributed by atoms with Gasteiger partial charge in [-0.2, -0.15) is 0 Å². The van der Waals surface area contributed by atoms with Gasteiger partial charge < -0.3 is 19.9 Å². The second kappa shape index (κ2) is 38.5. The zero-order valence-electron chi connectivity index (χ0n) is 39.2. The van der Waals surface area contributed by atoms with Gasteiger partial charge in [0.25, 0.3) is 0 Å². The van der Waals surface area contributed by atoms with E-state index in [4.69, 9.17) is 4.74 Å². The third-order valence-electron chi connectivity index (χ3n) is 13.4. The number of hydrogen-bond acceptors (Lipinski definition) is 4. The van der Waals surface area contributed by atoms with Crippen molar-refractivity contribution in [3.63, 3.8) is 0 Å². The highest BCUT2D eigenvalue weighted by Gasteiger charge is 2.31. The Bertz CT molecular complexity index is 964. The molecule has 1 aliphatic carbocycles. The molecule has 0 bridgehead atoms. The van der Waals surface area contributed by atoms with E-state index >= 15 is 0 Å². The number of hydrogen-bond donors (Lipinski definition) is 1. The highest BCUT2D eigenvalue weighted by molar-refractivity contribution is 5.88. The Hall–Kier alpha value is -1.40. The summed E-state index contributed by atoms with van der Waals surface area (Å²) in [6, 6.07) is 0.498. The first-order valence-electron chi connectivity index (χ1n) is 26.2. The molecule has 2 aliphatic rings. The van der Waals surface area contributed by atoms with Crippen LogP contribution in [-0.2, 0) is 14.3 Å². The van der Waals surface area contributed by atoms with Gasteiger partial charge in [0.1, 0.15) is 12.6 Å². The lowest BCUT2D eigenvalue weighted by Gasteiger charge is -2.37. The van der Waals surface area contributed by atoms with Crippen LogP contribution < -0.4 is 5.32 Å². The Morgan fingerprint density at radius 3 is 1.76 bits per heavy atom. The Morgan fingerprint density at radius 2 is 1.16 bits per heavy atom. The molecule has 2 atom stereocenters. The third-order valence-corrected chi connectivity index (χ3v) is 13.4. The zero-order chi connectivity index (χ0) is 41.6. The molecular formula is C52H99N3O3. The van der Waals surface area contributed by atoms with Crippen LogP contribution in [0.5, 0.6) is 0 Å². The lowest BCUT2D eigenvalue weighted by Crippen LogP contribution is -2.53. The van der Waals surface area contributed by atoms with Crippen LogP contribution in [0.4, 0.5) is 0 Å². The lowest BCUT2D eigenvalue weighted by molar-refractivity contribution is -0.145. The first-order chi connectivity index (χ1) is 28.6. The number of amides is 2. The molecule has 2 unspecified atom stereocenters. The number of rotatable bonds is 38. The summed E-state index contributed by atoms with van der Waals surface area (Å²) < 4.78 is 6.10. The molecule has 0 radical (unpaired) electrons. The van der Waals surface area contributed by atoms with Crippen molar-refractivity contribution in [1.82, 2.24) is 15.1 Å². The number of piperidine rings is 1. The second-order valence-corrected chi connectivity index (χ2v) is 18.6. The van der Waals surface area contributed by atoms with Crippen molar-refractivity contribution in [1.29, 1.82) is 0 Å². The minimum Gasteiger partial charge on any atom is -0.372 e. The van der Waals surface area contributed by atoms with Gasteiger partial charge in [0, 0.05) is 31.8 Å². The number of ether oxygens (including phenoxy) is 1. The van der Waals surface area contributed by atoms with Crippen LogP contribution in [0.25, 0.3) is 0 Å². The summed E-state index contributed by atoms with van der Waals surface area (Å²) in [4.78, 5) is 33.0. The van der Waals surface area contributed by atoms with E-state index in [-0.39, 0.29) is 24.5 Å². The fourth-order valence-electron chi connectivity index (χ4n) is 9.55. The molecule has 1 heterocycles. The van der Waals surface area contributed by atoms with Crippen LogP contribution in [0.1, 0.15) is 258 Å². The average molecular weight is 814 g/mol. The summed E-state index contributed by atoms with van der Waals surface area (Å²) in [5, 5.41) is 3.48. The van der Waals surface area contributed by atoms with Crippen molar-refractivity contribution in [2.75, 3.05) is 32.8 Å². The predicted octanol–water partition coefficient (Wildman–Crippen LogP) is 14.4. The van der Waals surface area contributed by atoms with E-state index in [2.05, 4.69) is 43.1 Å². The maximum Gasteiger partial charge on any atom is 0.249 e. The van der Waals surface area contributed by atoms with E-state index in [9.17, 15) is 9.59 Å². The molecule has 6 heteroatoms. The van der Waals surface area contributed by atoms with Crippen LogP contribution in [-0.4, -0.2) is 72.6 Å². The topological polar surface area (TPSA) is 61.9 Å². The van der Waals surface area contributed by atoms with E-state index in [1.54, 1.807) is 0 Å². The van der Waals surface area contributed by atoms with Crippen LogP contribution in [0, 0.1) is 0 Å². The lowest BCUT2D eigenvalue weighted by atomic mass is 9.99. The number of unbranched alkanes of at least 4 members (excludes halogenated alkanes) is 22. The number of allylic oxidation sites excluding steroid dienone is 2. The smallest absolute Gasteiger partial charge is 0.249 e. The van der Waals surface area contributed by atoms with E-state index in [1.165, 1.54) is 193 Å². The fourth-order valence-corrected chi connectivity index (χ4v) is 9.55. The summed E-state index contributed by atoms with van der Waals surface area (Å²) in [5.41, 5.74) is 0. The normalized spacial score (nSPS) is 17.5. The first kappa shape index (κ1) is 52.7. The number of carbonyl (C=O) groups is 2. The quantitative estimate of drug-likeness (QED) is 0.0383. The standard InChI is InChI=1S/C52H99N3O3/c1-4-7-9-11-13-15-17-19-21-23-25-27-31-37-46-58-47-51(56)55(45-38-44-54-43-36-35-41-49(54)6-3)50(52(57)53-48-39-32-29-30-33-40-48)42-34-28-26-24-22-20-18-16-14-12-10-8-5-2/h12,14,48-50H,4-11,13,15-47H2,1-3H3,(H,53,57)/b14-12-. The molecule has 1 saturated heterocycles.